The molecular formula is C20H25NO3Si. The van der Waals surface area contributed by atoms with Crippen LogP contribution in [0.1, 0.15) is 23.5 Å². The molecule has 0 fully saturated rings. The van der Waals surface area contributed by atoms with Gasteiger partial charge in [0.25, 0.3) is 0 Å². The van der Waals surface area contributed by atoms with E-state index < -0.39 is 8.32 Å². The second-order valence-electron chi connectivity index (χ2n) is 7.17. The number of rotatable bonds is 6. The van der Waals surface area contributed by atoms with Crippen molar-refractivity contribution in [3.63, 3.8) is 0 Å². The Kier molecular flexibility index (Phi) is 5.25. The Morgan fingerprint density at radius 2 is 1.64 bits per heavy atom. The maximum atomic E-state index is 12.0. The highest BCUT2D eigenvalue weighted by Gasteiger charge is 2.28. The fourth-order valence-corrected chi connectivity index (χ4v) is 4.40. The number of amides is 1. The summed E-state index contributed by atoms with van der Waals surface area (Å²) in [6.07, 6.45) is 0.388. The Morgan fingerprint density at radius 1 is 1.08 bits per heavy atom. The van der Waals surface area contributed by atoms with Crippen LogP contribution >= 0.6 is 0 Å². The van der Waals surface area contributed by atoms with Gasteiger partial charge in [-0.1, -0.05) is 48.5 Å². The lowest BCUT2D eigenvalue weighted by atomic mass is 9.98. The van der Waals surface area contributed by atoms with Crippen molar-refractivity contribution in [2.24, 2.45) is 0 Å². The van der Waals surface area contributed by atoms with Crippen molar-refractivity contribution in [1.29, 1.82) is 0 Å². The van der Waals surface area contributed by atoms with Gasteiger partial charge < -0.3 is 14.8 Å². The van der Waals surface area contributed by atoms with Crippen molar-refractivity contribution >= 4 is 14.4 Å². The summed E-state index contributed by atoms with van der Waals surface area (Å²) < 4.78 is 5.47. The van der Waals surface area contributed by atoms with E-state index in [2.05, 4.69) is 29.6 Å². The lowest BCUT2D eigenvalue weighted by Crippen LogP contribution is -2.30. The number of benzene rings is 2. The third-order valence-corrected chi connectivity index (χ3v) is 6.16. The molecule has 0 saturated carbocycles. The summed E-state index contributed by atoms with van der Waals surface area (Å²) in [5.41, 5.74) is 4.87. The van der Waals surface area contributed by atoms with Crippen LogP contribution in [0.15, 0.2) is 48.5 Å². The maximum Gasteiger partial charge on any atom is 0.407 e. The van der Waals surface area contributed by atoms with Crippen LogP contribution < -0.4 is 5.32 Å². The van der Waals surface area contributed by atoms with E-state index in [1.165, 1.54) is 22.3 Å². The molecule has 0 unspecified atom stereocenters. The average molecular weight is 356 g/mol. The van der Waals surface area contributed by atoms with E-state index >= 15 is 0 Å². The monoisotopic (exact) mass is 355 g/mol. The van der Waals surface area contributed by atoms with Gasteiger partial charge in [0.15, 0.2) is 8.32 Å². The number of fused-ring (bicyclic) bond motifs is 3. The van der Waals surface area contributed by atoms with E-state index in [0.29, 0.717) is 13.2 Å². The first-order valence-corrected chi connectivity index (χ1v) is 11.9. The molecule has 0 atom stereocenters. The fourth-order valence-electron chi connectivity index (χ4n) is 3.36. The van der Waals surface area contributed by atoms with Crippen LogP contribution in [0.4, 0.5) is 4.79 Å². The van der Waals surface area contributed by atoms with Gasteiger partial charge in [-0.25, -0.2) is 4.79 Å². The highest BCUT2D eigenvalue weighted by Crippen LogP contribution is 2.44. The second kappa shape index (κ2) is 7.41. The standard InChI is InChI=1S/C20H25NO3Si/c1-25(2,23)13-7-12-21-20(22)24-14-19-17-10-5-3-8-15(17)16-9-4-6-11-18(16)19/h3-6,8-11,19,23H,7,12-14H2,1-2H3,(H,21,22). The van der Waals surface area contributed by atoms with Gasteiger partial charge >= 0.3 is 6.09 Å². The number of carbonyl (C=O) groups excluding carboxylic acids is 1. The summed E-state index contributed by atoms with van der Waals surface area (Å²) in [6, 6.07) is 17.4. The largest absolute Gasteiger partial charge is 0.449 e. The number of carbonyl (C=O) groups is 1. The third kappa shape index (κ3) is 4.30. The van der Waals surface area contributed by atoms with E-state index in [-0.39, 0.29) is 12.0 Å². The van der Waals surface area contributed by atoms with Crippen molar-refractivity contribution in [3.05, 3.63) is 59.7 Å². The van der Waals surface area contributed by atoms with E-state index in [1.54, 1.807) is 0 Å². The van der Waals surface area contributed by atoms with Crippen molar-refractivity contribution < 1.29 is 14.3 Å². The molecule has 3 rings (SSSR count). The molecular weight excluding hydrogens is 330 g/mol. The quantitative estimate of drug-likeness (QED) is 0.605. The zero-order valence-corrected chi connectivity index (χ0v) is 15.8. The highest BCUT2D eigenvalue weighted by molar-refractivity contribution is 6.69. The molecule has 25 heavy (non-hydrogen) atoms. The lowest BCUT2D eigenvalue weighted by molar-refractivity contribution is 0.143. The number of hydrogen-bond donors (Lipinski definition) is 2. The molecule has 2 aromatic rings. The van der Waals surface area contributed by atoms with Crippen molar-refractivity contribution in [2.45, 2.75) is 31.5 Å². The molecule has 0 saturated heterocycles. The molecule has 0 radical (unpaired) electrons. The maximum absolute atomic E-state index is 12.0. The highest BCUT2D eigenvalue weighted by atomic mass is 28.4. The van der Waals surface area contributed by atoms with Crippen LogP contribution in [0.3, 0.4) is 0 Å². The van der Waals surface area contributed by atoms with Gasteiger partial charge in [0.05, 0.1) is 0 Å². The summed E-state index contributed by atoms with van der Waals surface area (Å²) in [7, 11) is -2.04. The third-order valence-electron chi connectivity index (χ3n) is 4.58. The molecule has 0 spiro atoms. The number of hydrogen-bond acceptors (Lipinski definition) is 3. The number of nitrogens with one attached hydrogen (secondary N) is 1. The Labute approximate surface area is 150 Å². The van der Waals surface area contributed by atoms with Crippen LogP contribution in [0.2, 0.25) is 19.1 Å². The SMILES string of the molecule is C[Si](C)(O)CCCNC(=O)OCC1c2ccccc2-c2ccccc21. The van der Waals surface area contributed by atoms with Crippen LogP contribution in [0, 0.1) is 0 Å². The average Bonchev–Trinajstić information content (AvgIpc) is 2.90. The molecule has 1 aliphatic rings. The first kappa shape index (κ1) is 17.7. The Bertz CT molecular complexity index is 709. The van der Waals surface area contributed by atoms with Gasteiger partial charge in [0, 0.05) is 12.5 Å². The van der Waals surface area contributed by atoms with Crippen molar-refractivity contribution in [2.75, 3.05) is 13.2 Å². The molecule has 2 aromatic carbocycles. The van der Waals surface area contributed by atoms with Crippen LogP contribution in [0.5, 0.6) is 0 Å². The summed E-state index contributed by atoms with van der Waals surface area (Å²) in [5.74, 6) is 0.0851. The van der Waals surface area contributed by atoms with Crippen LogP contribution in [0.25, 0.3) is 11.1 Å². The minimum Gasteiger partial charge on any atom is -0.449 e. The number of ether oxygens (including phenoxy) is 1. The molecule has 5 heteroatoms. The van der Waals surface area contributed by atoms with E-state index in [4.69, 9.17) is 4.74 Å². The van der Waals surface area contributed by atoms with Crippen LogP contribution in [-0.2, 0) is 4.74 Å². The smallest absolute Gasteiger partial charge is 0.407 e. The molecule has 2 N–H and O–H groups in total. The summed E-state index contributed by atoms with van der Waals surface area (Å²) in [6.45, 7) is 4.67. The molecule has 1 aliphatic carbocycles. The minimum absolute atomic E-state index is 0.0851. The van der Waals surface area contributed by atoms with Gasteiger partial charge in [-0.2, -0.15) is 0 Å². The molecule has 0 heterocycles. The molecule has 0 aromatic heterocycles. The zero-order valence-electron chi connectivity index (χ0n) is 14.8. The topological polar surface area (TPSA) is 58.6 Å². The van der Waals surface area contributed by atoms with Crippen LogP contribution in [-0.4, -0.2) is 32.4 Å². The molecule has 132 valence electrons. The lowest BCUT2D eigenvalue weighted by Gasteiger charge is -2.15. The first-order chi connectivity index (χ1) is 12.0. The van der Waals surface area contributed by atoms with Gasteiger partial charge in [-0.15, -0.1) is 0 Å². The molecule has 4 nitrogen and oxygen atoms in total. The Balaban J connectivity index is 1.57. The summed E-state index contributed by atoms with van der Waals surface area (Å²) >= 11 is 0. The summed E-state index contributed by atoms with van der Waals surface area (Å²) in [4.78, 5) is 21.8. The normalized spacial score (nSPS) is 13.2. The predicted molar refractivity (Wildman–Crippen MR) is 102 cm³/mol. The van der Waals surface area contributed by atoms with E-state index in [1.807, 2.05) is 37.4 Å². The second-order valence-corrected chi connectivity index (χ2v) is 11.3. The minimum atomic E-state index is -2.04. The number of alkyl carbamates (subject to hydrolysis) is 1. The van der Waals surface area contributed by atoms with Gasteiger partial charge in [0.1, 0.15) is 6.61 Å². The van der Waals surface area contributed by atoms with Crippen molar-refractivity contribution in [3.8, 4) is 11.1 Å². The van der Waals surface area contributed by atoms with E-state index in [9.17, 15) is 9.59 Å². The molecule has 0 aliphatic heterocycles. The molecule has 1 amide bonds. The Morgan fingerprint density at radius 3 is 2.20 bits per heavy atom. The van der Waals surface area contributed by atoms with Gasteiger partial charge in [-0.3, -0.25) is 0 Å². The molecule has 0 bridgehead atoms. The van der Waals surface area contributed by atoms with Crippen molar-refractivity contribution in [1.82, 2.24) is 5.32 Å². The van der Waals surface area contributed by atoms with E-state index in [0.717, 1.165) is 12.5 Å². The van der Waals surface area contributed by atoms with Gasteiger partial charge in [-0.05, 0) is 47.8 Å². The summed E-state index contributed by atoms with van der Waals surface area (Å²) in [5, 5.41) is 2.78. The fraction of sp³-hybridized carbons (Fsp3) is 0.350. The predicted octanol–water partition coefficient (Wildman–Crippen LogP) is 4.11. The zero-order chi connectivity index (χ0) is 17.9. The van der Waals surface area contributed by atoms with Gasteiger partial charge in [0.2, 0.25) is 0 Å². The first-order valence-electron chi connectivity index (χ1n) is 8.77. The Hall–Kier alpha value is -2.11.